The molecule has 0 unspecified atom stereocenters. The second-order valence-electron chi connectivity index (χ2n) is 6.38. The predicted molar refractivity (Wildman–Crippen MR) is 98.4 cm³/mol. The minimum Gasteiger partial charge on any atom is -0.493 e. The Morgan fingerprint density at radius 2 is 1.84 bits per heavy atom. The summed E-state index contributed by atoms with van der Waals surface area (Å²) in [6.07, 6.45) is 5.74. The minimum atomic E-state index is -0.0449. The number of amides is 1. The Bertz CT molecular complexity index is 694. The van der Waals surface area contributed by atoms with E-state index in [2.05, 4.69) is 5.32 Å². The molecule has 0 heterocycles. The Labute approximate surface area is 149 Å². The van der Waals surface area contributed by atoms with Crippen molar-refractivity contribution in [1.82, 2.24) is 5.32 Å². The van der Waals surface area contributed by atoms with Crippen LogP contribution in [0.25, 0.3) is 0 Å². The fourth-order valence-corrected chi connectivity index (χ4v) is 3.17. The molecular weight excluding hydrogens is 314 g/mol. The van der Waals surface area contributed by atoms with E-state index >= 15 is 0 Å². The molecule has 4 nitrogen and oxygen atoms in total. The Morgan fingerprint density at radius 1 is 1.08 bits per heavy atom. The SMILES string of the molecule is COc1ccc(CCNC(=O)c2ccccc2)cc1OC1CCCC1. The molecule has 3 rings (SSSR count). The van der Waals surface area contributed by atoms with Crippen LogP contribution in [0.2, 0.25) is 0 Å². The van der Waals surface area contributed by atoms with Gasteiger partial charge in [-0.1, -0.05) is 24.3 Å². The number of methoxy groups -OCH3 is 1. The van der Waals surface area contributed by atoms with Crippen LogP contribution in [-0.2, 0) is 6.42 Å². The minimum absolute atomic E-state index is 0.0449. The first kappa shape index (κ1) is 17.3. The summed E-state index contributed by atoms with van der Waals surface area (Å²) >= 11 is 0. The summed E-state index contributed by atoms with van der Waals surface area (Å²) in [5, 5.41) is 2.96. The molecule has 1 N–H and O–H groups in total. The summed E-state index contributed by atoms with van der Waals surface area (Å²) in [4.78, 5) is 12.1. The van der Waals surface area contributed by atoms with Crippen molar-refractivity contribution in [3.8, 4) is 11.5 Å². The first-order valence-electron chi connectivity index (χ1n) is 8.93. The first-order valence-corrected chi connectivity index (χ1v) is 8.93. The number of nitrogens with one attached hydrogen (secondary N) is 1. The molecule has 25 heavy (non-hydrogen) atoms. The standard InChI is InChI=1S/C21H25NO3/c1-24-19-12-11-16(15-20(19)25-18-9-5-6-10-18)13-14-22-21(23)17-7-3-2-4-8-17/h2-4,7-8,11-12,15,18H,5-6,9-10,13-14H2,1H3,(H,22,23). The van der Waals surface area contributed by atoms with Crippen LogP contribution in [0.1, 0.15) is 41.6 Å². The van der Waals surface area contributed by atoms with Crippen LogP contribution in [0.4, 0.5) is 0 Å². The lowest BCUT2D eigenvalue weighted by Gasteiger charge is -2.17. The molecule has 1 aliphatic rings. The van der Waals surface area contributed by atoms with E-state index in [0.717, 1.165) is 36.3 Å². The van der Waals surface area contributed by atoms with Gasteiger partial charge in [-0.15, -0.1) is 0 Å². The van der Waals surface area contributed by atoms with Crippen LogP contribution in [0, 0.1) is 0 Å². The largest absolute Gasteiger partial charge is 0.493 e. The van der Waals surface area contributed by atoms with Crippen molar-refractivity contribution in [1.29, 1.82) is 0 Å². The van der Waals surface area contributed by atoms with Gasteiger partial charge in [0.05, 0.1) is 13.2 Å². The number of rotatable bonds is 7. The highest BCUT2D eigenvalue weighted by Crippen LogP contribution is 2.32. The van der Waals surface area contributed by atoms with Crippen molar-refractivity contribution in [2.75, 3.05) is 13.7 Å². The average molecular weight is 339 g/mol. The summed E-state index contributed by atoms with van der Waals surface area (Å²) in [5.74, 6) is 1.53. The van der Waals surface area contributed by atoms with Crippen molar-refractivity contribution in [3.63, 3.8) is 0 Å². The first-order chi connectivity index (χ1) is 12.3. The van der Waals surface area contributed by atoms with Gasteiger partial charge < -0.3 is 14.8 Å². The number of carbonyl (C=O) groups is 1. The van der Waals surface area contributed by atoms with Gasteiger partial charge in [0.1, 0.15) is 0 Å². The topological polar surface area (TPSA) is 47.6 Å². The van der Waals surface area contributed by atoms with Gasteiger partial charge in [0, 0.05) is 12.1 Å². The fraction of sp³-hybridized carbons (Fsp3) is 0.381. The van der Waals surface area contributed by atoms with E-state index in [4.69, 9.17) is 9.47 Å². The van der Waals surface area contributed by atoms with Gasteiger partial charge in [0.15, 0.2) is 11.5 Å². The maximum absolute atomic E-state index is 12.1. The number of ether oxygens (including phenoxy) is 2. The van der Waals surface area contributed by atoms with E-state index in [-0.39, 0.29) is 5.91 Å². The van der Waals surface area contributed by atoms with E-state index < -0.39 is 0 Å². The van der Waals surface area contributed by atoms with Crippen molar-refractivity contribution in [2.45, 2.75) is 38.2 Å². The van der Waals surface area contributed by atoms with Gasteiger partial charge in [-0.3, -0.25) is 4.79 Å². The lowest BCUT2D eigenvalue weighted by atomic mass is 10.1. The van der Waals surface area contributed by atoms with Crippen LogP contribution in [-0.4, -0.2) is 25.7 Å². The van der Waals surface area contributed by atoms with Gasteiger partial charge in [0.2, 0.25) is 0 Å². The molecule has 0 spiro atoms. The second kappa shape index (κ2) is 8.56. The van der Waals surface area contributed by atoms with Gasteiger partial charge in [-0.05, 0) is 61.9 Å². The normalized spacial score (nSPS) is 14.3. The molecule has 4 heteroatoms. The van der Waals surface area contributed by atoms with E-state index in [1.165, 1.54) is 12.8 Å². The molecule has 1 aliphatic carbocycles. The second-order valence-corrected chi connectivity index (χ2v) is 6.38. The van der Waals surface area contributed by atoms with E-state index in [1.807, 2.05) is 48.5 Å². The fourth-order valence-electron chi connectivity index (χ4n) is 3.17. The van der Waals surface area contributed by atoms with Gasteiger partial charge >= 0.3 is 0 Å². The Kier molecular flexibility index (Phi) is 5.94. The summed E-state index contributed by atoms with van der Waals surface area (Å²) in [5.41, 5.74) is 1.81. The summed E-state index contributed by atoms with van der Waals surface area (Å²) in [6, 6.07) is 15.3. The van der Waals surface area contributed by atoms with E-state index in [1.54, 1.807) is 7.11 Å². The molecule has 0 aromatic heterocycles. The van der Waals surface area contributed by atoms with Gasteiger partial charge in [-0.2, -0.15) is 0 Å². The highest BCUT2D eigenvalue weighted by Gasteiger charge is 2.18. The van der Waals surface area contributed by atoms with E-state index in [0.29, 0.717) is 18.2 Å². The zero-order valence-electron chi connectivity index (χ0n) is 14.7. The zero-order valence-corrected chi connectivity index (χ0v) is 14.7. The Hall–Kier alpha value is -2.49. The number of benzene rings is 2. The van der Waals surface area contributed by atoms with Gasteiger partial charge in [0.25, 0.3) is 5.91 Å². The van der Waals surface area contributed by atoms with E-state index in [9.17, 15) is 4.79 Å². The Morgan fingerprint density at radius 3 is 2.56 bits per heavy atom. The molecule has 0 saturated heterocycles. The molecule has 1 saturated carbocycles. The molecule has 0 radical (unpaired) electrons. The van der Waals surface area contributed by atoms with Crippen LogP contribution in [0.3, 0.4) is 0 Å². The van der Waals surface area contributed by atoms with Crippen LogP contribution >= 0.6 is 0 Å². The zero-order chi connectivity index (χ0) is 17.5. The monoisotopic (exact) mass is 339 g/mol. The molecule has 1 amide bonds. The summed E-state index contributed by atoms with van der Waals surface area (Å²) in [6.45, 7) is 0.586. The quantitative estimate of drug-likeness (QED) is 0.830. The highest BCUT2D eigenvalue weighted by molar-refractivity contribution is 5.94. The van der Waals surface area contributed by atoms with Crippen molar-refractivity contribution < 1.29 is 14.3 Å². The smallest absolute Gasteiger partial charge is 0.251 e. The molecule has 0 atom stereocenters. The van der Waals surface area contributed by atoms with Crippen molar-refractivity contribution >= 4 is 5.91 Å². The molecule has 2 aromatic rings. The highest BCUT2D eigenvalue weighted by atomic mass is 16.5. The summed E-state index contributed by atoms with van der Waals surface area (Å²) < 4.78 is 11.5. The van der Waals surface area contributed by atoms with Gasteiger partial charge in [-0.25, -0.2) is 0 Å². The molecule has 2 aromatic carbocycles. The van der Waals surface area contributed by atoms with Crippen LogP contribution < -0.4 is 14.8 Å². The number of hydrogen-bond acceptors (Lipinski definition) is 3. The molecule has 1 fully saturated rings. The van der Waals surface area contributed by atoms with Crippen molar-refractivity contribution in [3.05, 3.63) is 59.7 Å². The third-order valence-corrected chi connectivity index (χ3v) is 4.56. The van der Waals surface area contributed by atoms with Crippen LogP contribution in [0.5, 0.6) is 11.5 Å². The third-order valence-electron chi connectivity index (χ3n) is 4.56. The molecule has 0 aliphatic heterocycles. The maximum atomic E-state index is 12.1. The average Bonchev–Trinajstić information content (AvgIpc) is 3.16. The number of hydrogen-bond donors (Lipinski definition) is 1. The lowest BCUT2D eigenvalue weighted by molar-refractivity contribution is 0.0954. The third kappa shape index (κ3) is 4.75. The maximum Gasteiger partial charge on any atom is 0.251 e. The molecular formula is C21H25NO3. The van der Waals surface area contributed by atoms with Crippen LogP contribution in [0.15, 0.2) is 48.5 Å². The molecule has 132 valence electrons. The lowest BCUT2D eigenvalue weighted by Crippen LogP contribution is -2.25. The Balaban J connectivity index is 1.57. The predicted octanol–water partition coefficient (Wildman–Crippen LogP) is 3.99. The molecule has 0 bridgehead atoms. The number of carbonyl (C=O) groups excluding carboxylic acids is 1. The summed E-state index contributed by atoms with van der Waals surface area (Å²) in [7, 11) is 1.66. The van der Waals surface area contributed by atoms with Crippen molar-refractivity contribution in [2.24, 2.45) is 0 Å².